The SMILES string of the molecule is C.O.O=C(O)c1ccc(-c2ccc3c(c2)C(=O)OC3=O)cc1C(=O)O.O=C1OC(=O)c2cc(-c3ccc4c(c3)C(=O)OC4=O)ccc21. The number of carboxylic acids is 2. The Kier molecular flexibility index (Phi) is 8.66. The molecule has 236 valence electrons. The Morgan fingerprint density at radius 1 is 0.404 bits per heavy atom. The molecule has 3 aliphatic rings. The zero-order valence-corrected chi connectivity index (χ0v) is 22.8. The van der Waals surface area contributed by atoms with Gasteiger partial charge in [-0.05, 0) is 70.8 Å². The minimum atomic E-state index is -1.38. The van der Waals surface area contributed by atoms with E-state index in [1.807, 2.05) is 0 Å². The molecule has 47 heavy (non-hydrogen) atoms. The zero-order chi connectivity index (χ0) is 32.2. The summed E-state index contributed by atoms with van der Waals surface area (Å²) in [4.78, 5) is 91.2. The maximum atomic E-state index is 11.6. The minimum Gasteiger partial charge on any atom is -0.478 e. The van der Waals surface area contributed by atoms with Crippen molar-refractivity contribution in [2.75, 3.05) is 0 Å². The van der Waals surface area contributed by atoms with Gasteiger partial charge < -0.3 is 29.9 Å². The molecule has 0 fully saturated rings. The van der Waals surface area contributed by atoms with E-state index in [0.717, 1.165) is 0 Å². The first-order chi connectivity index (χ1) is 21.4. The molecule has 0 bridgehead atoms. The molecule has 4 N–H and O–H groups in total. The van der Waals surface area contributed by atoms with Crippen LogP contribution in [0, 0.1) is 0 Å². The molecule has 7 rings (SSSR count). The zero-order valence-electron chi connectivity index (χ0n) is 22.8. The molecule has 0 saturated heterocycles. The fourth-order valence-electron chi connectivity index (χ4n) is 4.88. The van der Waals surface area contributed by atoms with E-state index in [1.165, 1.54) is 60.7 Å². The molecule has 0 atom stereocenters. The number of ether oxygens (including phenoxy) is 3. The van der Waals surface area contributed by atoms with E-state index in [4.69, 9.17) is 10.2 Å². The molecule has 14 nitrogen and oxygen atoms in total. The standard InChI is InChI=1S/C16H8O7.C16H6O6.CH4.H2O/c17-13(18)9-3-1-7(5-11(9)14(19)20)8-2-4-10-12(6-8)16(22)23-15(10)21;17-13-9-3-1-7(5-11(9)15(19)21-13)8-2-4-10-12(6-8)16(20)22-14(10)18;;/h1-6H,(H,17,18)(H,19,20);1-6H;1H4;1H2. The highest BCUT2D eigenvalue weighted by Crippen LogP contribution is 2.31. The van der Waals surface area contributed by atoms with E-state index in [9.17, 15) is 38.4 Å². The molecule has 14 heteroatoms. The second-order valence-corrected chi connectivity index (χ2v) is 9.68. The van der Waals surface area contributed by atoms with Crippen LogP contribution in [0.15, 0.2) is 72.8 Å². The number of carbonyl (C=O) groups is 8. The van der Waals surface area contributed by atoms with Gasteiger partial charge in [0.15, 0.2) is 0 Å². The highest BCUT2D eigenvalue weighted by Gasteiger charge is 2.32. The molecular formula is C33H20O14. The van der Waals surface area contributed by atoms with Gasteiger partial charge in [0, 0.05) is 0 Å². The summed E-state index contributed by atoms with van der Waals surface area (Å²) in [5.41, 5.74) is 2.44. The van der Waals surface area contributed by atoms with Crippen molar-refractivity contribution in [3.05, 3.63) is 117 Å². The van der Waals surface area contributed by atoms with Crippen LogP contribution in [0.25, 0.3) is 22.3 Å². The molecule has 4 aromatic carbocycles. The van der Waals surface area contributed by atoms with Crippen molar-refractivity contribution in [2.24, 2.45) is 0 Å². The normalized spacial score (nSPS) is 13.4. The van der Waals surface area contributed by atoms with Crippen LogP contribution in [-0.2, 0) is 14.2 Å². The molecule has 0 spiro atoms. The second-order valence-electron chi connectivity index (χ2n) is 9.68. The van der Waals surface area contributed by atoms with Gasteiger partial charge in [-0.3, -0.25) is 0 Å². The number of carbonyl (C=O) groups excluding carboxylic acids is 6. The van der Waals surface area contributed by atoms with Crippen LogP contribution in [0.4, 0.5) is 0 Å². The Balaban J connectivity index is 0.000000204. The van der Waals surface area contributed by atoms with E-state index in [2.05, 4.69) is 14.2 Å². The molecular weight excluding hydrogens is 620 g/mol. The summed E-state index contributed by atoms with van der Waals surface area (Å²) < 4.78 is 13.5. The molecule has 0 aliphatic carbocycles. The van der Waals surface area contributed by atoms with Gasteiger partial charge in [-0.1, -0.05) is 31.7 Å². The van der Waals surface area contributed by atoms with E-state index in [1.54, 1.807) is 12.1 Å². The Hall–Kier alpha value is -6.80. The molecule has 0 radical (unpaired) electrons. The van der Waals surface area contributed by atoms with Crippen molar-refractivity contribution < 1.29 is 68.3 Å². The number of carboxylic acid groups (broad SMARTS) is 2. The summed E-state index contributed by atoms with van der Waals surface area (Å²) in [6.45, 7) is 0. The highest BCUT2D eigenvalue weighted by atomic mass is 16.6. The van der Waals surface area contributed by atoms with Crippen LogP contribution in [-0.4, -0.2) is 63.4 Å². The maximum absolute atomic E-state index is 11.6. The number of cyclic esters (lactones) is 6. The topological polar surface area (TPSA) is 236 Å². The maximum Gasteiger partial charge on any atom is 0.346 e. The lowest BCUT2D eigenvalue weighted by atomic mass is 9.96. The number of aromatic carboxylic acids is 2. The number of esters is 6. The van der Waals surface area contributed by atoms with Crippen molar-refractivity contribution >= 4 is 47.8 Å². The number of benzene rings is 4. The molecule has 4 aromatic rings. The lowest BCUT2D eigenvalue weighted by molar-refractivity contribution is 0.0425. The van der Waals surface area contributed by atoms with Gasteiger partial charge in [0.25, 0.3) is 0 Å². The molecule has 0 saturated carbocycles. The Bertz CT molecular complexity index is 2030. The lowest BCUT2D eigenvalue weighted by Crippen LogP contribution is -2.08. The van der Waals surface area contributed by atoms with Crippen LogP contribution < -0.4 is 0 Å². The summed E-state index contributed by atoms with van der Waals surface area (Å²) >= 11 is 0. The first-order valence-electron chi connectivity index (χ1n) is 12.8. The van der Waals surface area contributed by atoms with Gasteiger partial charge in [0.1, 0.15) is 0 Å². The molecule has 3 heterocycles. The molecule has 0 aromatic heterocycles. The number of hydrogen-bond donors (Lipinski definition) is 2. The monoisotopic (exact) mass is 640 g/mol. The average molecular weight is 641 g/mol. The first kappa shape index (κ1) is 33.1. The van der Waals surface area contributed by atoms with Crippen LogP contribution in [0.1, 0.15) is 90.3 Å². The number of fused-ring (bicyclic) bond motifs is 3. The second kappa shape index (κ2) is 12.3. The van der Waals surface area contributed by atoms with Gasteiger partial charge >= 0.3 is 47.8 Å². The minimum absolute atomic E-state index is 0. The predicted octanol–water partition coefficient (Wildman–Crippen LogP) is 3.85. The summed E-state index contributed by atoms with van der Waals surface area (Å²) in [6.07, 6.45) is 0. The Morgan fingerprint density at radius 3 is 1.00 bits per heavy atom. The third-order valence-corrected chi connectivity index (χ3v) is 7.08. The van der Waals surface area contributed by atoms with Crippen molar-refractivity contribution in [1.29, 1.82) is 0 Å². The number of hydrogen-bond acceptors (Lipinski definition) is 11. The van der Waals surface area contributed by atoms with E-state index in [-0.39, 0.29) is 57.4 Å². The summed E-state index contributed by atoms with van der Waals surface area (Å²) in [6, 6.07) is 17.5. The third-order valence-electron chi connectivity index (χ3n) is 7.08. The highest BCUT2D eigenvalue weighted by molar-refractivity contribution is 6.17. The molecule has 0 amide bonds. The smallest absolute Gasteiger partial charge is 0.346 e. The van der Waals surface area contributed by atoms with Gasteiger partial charge in [-0.25, -0.2) is 38.4 Å². The van der Waals surface area contributed by atoms with E-state index < -0.39 is 47.8 Å². The lowest BCUT2D eigenvalue weighted by Gasteiger charge is -2.07. The average Bonchev–Trinajstić information content (AvgIpc) is 3.59. The van der Waals surface area contributed by atoms with Crippen molar-refractivity contribution in [3.8, 4) is 22.3 Å². The Labute approximate surface area is 263 Å². The third kappa shape index (κ3) is 5.74. The van der Waals surface area contributed by atoms with Crippen molar-refractivity contribution in [3.63, 3.8) is 0 Å². The van der Waals surface area contributed by atoms with Gasteiger partial charge in [-0.15, -0.1) is 0 Å². The van der Waals surface area contributed by atoms with Gasteiger partial charge in [-0.2, -0.15) is 0 Å². The summed E-state index contributed by atoms with van der Waals surface area (Å²) in [5, 5.41) is 18.1. The number of rotatable bonds is 4. The van der Waals surface area contributed by atoms with Crippen LogP contribution in [0.3, 0.4) is 0 Å². The summed E-state index contributed by atoms with van der Waals surface area (Å²) in [7, 11) is 0. The van der Waals surface area contributed by atoms with Crippen LogP contribution in [0.5, 0.6) is 0 Å². The Morgan fingerprint density at radius 2 is 0.681 bits per heavy atom. The first-order valence-corrected chi connectivity index (χ1v) is 12.8. The largest absolute Gasteiger partial charge is 0.478 e. The van der Waals surface area contributed by atoms with E-state index >= 15 is 0 Å². The van der Waals surface area contributed by atoms with E-state index in [0.29, 0.717) is 22.3 Å². The quantitative estimate of drug-likeness (QED) is 0.183. The molecule has 3 aliphatic heterocycles. The van der Waals surface area contributed by atoms with Crippen molar-refractivity contribution in [1.82, 2.24) is 0 Å². The van der Waals surface area contributed by atoms with Crippen LogP contribution >= 0.6 is 0 Å². The van der Waals surface area contributed by atoms with Gasteiger partial charge in [0.05, 0.1) is 44.5 Å². The predicted molar refractivity (Wildman–Crippen MR) is 157 cm³/mol. The fourth-order valence-corrected chi connectivity index (χ4v) is 4.88. The van der Waals surface area contributed by atoms with Crippen molar-refractivity contribution in [2.45, 2.75) is 7.43 Å². The summed E-state index contributed by atoms with van der Waals surface area (Å²) in [5.74, 6) is -6.96. The molecule has 0 unspecified atom stereocenters. The van der Waals surface area contributed by atoms with Crippen LogP contribution in [0.2, 0.25) is 0 Å². The van der Waals surface area contributed by atoms with Gasteiger partial charge in [0.2, 0.25) is 0 Å². The fraction of sp³-hybridized carbons (Fsp3) is 0.0303.